The molecule has 1 saturated heterocycles. The quantitative estimate of drug-likeness (QED) is 0.694. The van der Waals surface area contributed by atoms with Crippen LogP contribution >= 0.6 is 0 Å². The number of carboxylic acids is 1. The lowest BCUT2D eigenvalue weighted by molar-refractivity contribution is -0.136. The van der Waals surface area contributed by atoms with Gasteiger partial charge in [-0.3, -0.25) is 4.79 Å². The van der Waals surface area contributed by atoms with Crippen molar-refractivity contribution >= 4 is 27.7 Å². The topological polar surface area (TPSA) is 116 Å². The minimum Gasteiger partial charge on any atom is -0.481 e. The zero-order valence-electron chi connectivity index (χ0n) is 14.9. The van der Waals surface area contributed by atoms with Crippen LogP contribution in [0.15, 0.2) is 29.2 Å². The standard InChI is InChI=1S/C17H25N3O5S/c1-12-9-13(2)11-20(10-12)26(24,25)15-5-3-14(4-6-15)19-17(23)18-8-7-16(21)22/h3-6,12-13H,7-11H2,1-2H3,(H,21,22)(H2,18,19,23). The Morgan fingerprint density at radius 3 is 2.27 bits per heavy atom. The summed E-state index contributed by atoms with van der Waals surface area (Å²) in [7, 11) is -3.56. The lowest BCUT2D eigenvalue weighted by Gasteiger charge is -2.34. The summed E-state index contributed by atoms with van der Waals surface area (Å²) in [5.74, 6) is -0.353. The predicted octanol–water partition coefficient (Wildman–Crippen LogP) is 1.95. The van der Waals surface area contributed by atoms with Gasteiger partial charge in [-0.2, -0.15) is 4.31 Å². The molecule has 26 heavy (non-hydrogen) atoms. The molecular formula is C17H25N3O5S. The number of anilines is 1. The van der Waals surface area contributed by atoms with Crippen molar-refractivity contribution < 1.29 is 23.1 Å². The molecule has 8 nitrogen and oxygen atoms in total. The Hall–Kier alpha value is -2.13. The molecule has 2 amide bonds. The number of carbonyl (C=O) groups excluding carboxylic acids is 1. The van der Waals surface area contributed by atoms with Gasteiger partial charge < -0.3 is 15.7 Å². The first kappa shape index (κ1) is 20.2. The summed E-state index contributed by atoms with van der Waals surface area (Å²) in [5, 5.41) is 13.5. The second-order valence-corrected chi connectivity index (χ2v) is 8.76. The monoisotopic (exact) mass is 383 g/mol. The van der Waals surface area contributed by atoms with Gasteiger partial charge in [0.1, 0.15) is 0 Å². The molecule has 0 spiro atoms. The van der Waals surface area contributed by atoms with Crippen molar-refractivity contribution in [1.82, 2.24) is 9.62 Å². The molecule has 1 heterocycles. The van der Waals surface area contributed by atoms with Crippen LogP contribution < -0.4 is 10.6 Å². The predicted molar refractivity (Wildman–Crippen MR) is 97.4 cm³/mol. The molecule has 1 aromatic rings. The van der Waals surface area contributed by atoms with Crippen LogP contribution in [0.1, 0.15) is 26.7 Å². The van der Waals surface area contributed by atoms with Gasteiger partial charge >= 0.3 is 12.0 Å². The Bertz CT molecular complexity index is 738. The molecule has 2 unspecified atom stereocenters. The van der Waals surface area contributed by atoms with Crippen LogP contribution in [0.4, 0.5) is 10.5 Å². The van der Waals surface area contributed by atoms with E-state index in [0.29, 0.717) is 30.6 Å². The van der Waals surface area contributed by atoms with Crippen LogP contribution in [0.5, 0.6) is 0 Å². The number of urea groups is 1. The molecular weight excluding hydrogens is 358 g/mol. The molecule has 0 aliphatic carbocycles. The van der Waals surface area contributed by atoms with Crippen LogP contribution in [0.3, 0.4) is 0 Å². The number of benzene rings is 1. The summed E-state index contributed by atoms with van der Waals surface area (Å²) in [6.45, 7) is 5.14. The van der Waals surface area contributed by atoms with Crippen molar-refractivity contribution in [2.24, 2.45) is 11.8 Å². The van der Waals surface area contributed by atoms with Crippen molar-refractivity contribution in [1.29, 1.82) is 0 Å². The molecule has 1 aromatic carbocycles. The van der Waals surface area contributed by atoms with Gasteiger partial charge in [0.15, 0.2) is 0 Å². The van der Waals surface area contributed by atoms with Gasteiger partial charge in [-0.25, -0.2) is 13.2 Å². The number of hydrogen-bond acceptors (Lipinski definition) is 4. The van der Waals surface area contributed by atoms with E-state index in [-0.39, 0.29) is 17.9 Å². The summed E-state index contributed by atoms with van der Waals surface area (Å²) in [6, 6.07) is 5.42. The van der Waals surface area contributed by atoms with Gasteiger partial charge in [0.05, 0.1) is 11.3 Å². The second-order valence-electron chi connectivity index (χ2n) is 6.82. The summed E-state index contributed by atoms with van der Waals surface area (Å²) in [5.41, 5.74) is 0.428. The summed E-state index contributed by atoms with van der Waals surface area (Å²) in [4.78, 5) is 22.3. The molecule has 0 aromatic heterocycles. The third kappa shape index (κ3) is 5.43. The lowest BCUT2D eigenvalue weighted by atomic mass is 9.94. The number of hydrogen-bond donors (Lipinski definition) is 3. The minimum absolute atomic E-state index is 0.0129. The Kier molecular flexibility index (Phi) is 6.60. The fourth-order valence-corrected chi connectivity index (χ4v) is 4.80. The molecule has 144 valence electrons. The van der Waals surface area contributed by atoms with E-state index in [9.17, 15) is 18.0 Å². The van der Waals surface area contributed by atoms with Gasteiger partial charge in [0, 0.05) is 25.3 Å². The van der Waals surface area contributed by atoms with E-state index in [4.69, 9.17) is 5.11 Å². The number of rotatable bonds is 6. The Morgan fingerprint density at radius 1 is 1.15 bits per heavy atom. The highest BCUT2D eigenvalue weighted by molar-refractivity contribution is 7.89. The minimum atomic E-state index is -3.56. The van der Waals surface area contributed by atoms with Crippen molar-refractivity contribution in [2.75, 3.05) is 25.0 Å². The zero-order valence-corrected chi connectivity index (χ0v) is 15.8. The number of sulfonamides is 1. The van der Waals surface area contributed by atoms with Crippen LogP contribution in [-0.2, 0) is 14.8 Å². The van der Waals surface area contributed by atoms with Crippen LogP contribution in [-0.4, -0.2) is 49.5 Å². The Balaban J connectivity index is 1.99. The number of carbonyl (C=O) groups is 2. The van der Waals surface area contributed by atoms with Crippen molar-refractivity contribution in [3.63, 3.8) is 0 Å². The first-order valence-electron chi connectivity index (χ1n) is 8.55. The number of nitrogens with zero attached hydrogens (tertiary/aromatic N) is 1. The first-order chi connectivity index (χ1) is 12.2. The van der Waals surface area contributed by atoms with Gasteiger partial charge in [-0.15, -0.1) is 0 Å². The molecule has 0 radical (unpaired) electrons. The maximum absolute atomic E-state index is 12.8. The Morgan fingerprint density at radius 2 is 1.73 bits per heavy atom. The third-order valence-electron chi connectivity index (χ3n) is 4.21. The summed E-state index contributed by atoms with van der Waals surface area (Å²) in [6.07, 6.45) is 0.850. The second kappa shape index (κ2) is 8.50. The van der Waals surface area contributed by atoms with E-state index >= 15 is 0 Å². The fourth-order valence-electron chi connectivity index (χ4n) is 3.12. The van der Waals surface area contributed by atoms with Crippen LogP contribution in [0.2, 0.25) is 0 Å². The number of carboxylic acid groups (broad SMARTS) is 1. The smallest absolute Gasteiger partial charge is 0.319 e. The molecule has 2 rings (SSSR count). The fraction of sp³-hybridized carbons (Fsp3) is 0.529. The molecule has 9 heteroatoms. The number of amides is 2. The van der Waals surface area contributed by atoms with Crippen molar-refractivity contribution in [2.45, 2.75) is 31.6 Å². The highest BCUT2D eigenvalue weighted by Crippen LogP contribution is 2.27. The van der Waals surface area contributed by atoms with Gasteiger partial charge in [0.25, 0.3) is 0 Å². The average molecular weight is 383 g/mol. The number of nitrogens with one attached hydrogen (secondary N) is 2. The molecule has 0 bridgehead atoms. The molecule has 2 atom stereocenters. The lowest BCUT2D eigenvalue weighted by Crippen LogP contribution is -2.42. The van der Waals surface area contributed by atoms with E-state index in [1.54, 1.807) is 0 Å². The molecule has 1 aliphatic heterocycles. The maximum Gasteiger partial charge on any atom is 0.319 e. The van der Waals surface area contributed by atoms with Crippen molar-refractivity contribution in [3.8, 4) is 0 Å². The summed E-state index contributed by atoms with van der Waals surface area (Å²) < 4.78 is 27.1. The van der Waals surface area contributed by atoms with Gasteiger partial charge in [0.2, 0.25) is 10.0 Å². The van der Waals surface area contributed by atoms with Crippen LogP contribution in [0, 0.1) is 11.8 Å². The van der Waals surface area contributed by atoms with E-state index in [1.807, 2.05) is 13.8 Å². The molecule has 1 aliphatic rings. The van der Waals surface area contributed by atoms with E-state index in [1.165, 1.54) is 28.6 Å². The zero-order chi connectivity index (χ0) is 19.3. The van der Waals surface area contributed by atoms with Crippen LogP contribution in [0.25, 0.3) is 0 Å². The van der Waals surface area contributed by atoms with Gasteiger partial charge in [-0.05, 0) is 42.5 Å². The molecule has 0 saturated carbocycles. The molecule has 3 N–H and O–H groups in total. The average Bonchev–Trinajstić information content (AvgIpc) is 2.54. The van der Waals surface area contributed by atoms with E-state index < -0.39 is 22.0 Å². The Labute approximate surface area is 153 Å². The van der Waals surface area contributed by atoms with Gasteiger partial charge in [-0.1, -0.05) is 13.8 Å². The van der Waals surface area contributed by atoms with Crippen molar-refractivity contribution in [3.05, 3.63) is 24.3 Å². The summed E-state index contributed by atoms with van der Waals surface area (Å²) >= 11 is 0. The maximum atomic E-state index is 12.8. The van der Waals surface area contributed by atoms with E-state index in [0.717, 1.165) is 6.42 Å². The first-order valence-corrected chi connectivity index (χ1v) is 9.99. The third-order valence-corrected chi connectivity index (χ3v) is 6.06. The highest BCUT2D eigenvalue weighted by Gasteiger charge is 2.31. The van der Waals surface area contributed by atoms with E-state index in [2.05, 4.69) is 10.6 Å². The SMILES string of the molecule is CC1CC(C)CN(S(=O)(=O)c2ccc(NC(=O)NCCC(=O)O)cc2)C1. The normalized spacial score (nSPS) is 21.2. The number of aliphatic carboxylic acids is 1. The highest BCUT2D eigenvalue weighted by atomic mass is 32.2. The largest absolute Gasteiger partial charge is 0.481 e. The number of piperidine rings is 1. The molecule has 1 fully saturated rings.